The smallest absolute Gasteiger partial charge is 0.143 e. The average Bonchev–Trinajstić information content (AvgIpc) is 2.62. The molecule has 3 aromatic carbocycles. The Hall–Kier alpha value is -3.34. The number of nitrogens with zero attached hydrogens (tertiary/aromatic N) is 4. The maximum atomic E-state index is 9.76. The SMILES string of the molecule is Cc1ccccc1N=Nc1cccc(N=Nc2ccccc2O)c1C. The molecule has 0 unspecified atom stereocenters. The molecular formula is C20H18N4O. The number of phenolic OH excluding ortho intramolecular Hbond substituents is 1. The van der Waals surface area contributed by atoms with E-state index in [0.717, 1.165) is 22.5 Å². The third-order valence-electron chi connectivity index (χ3n) is 3.80. The highest BCUT2D eigenvalue weighted by molar-refractivity contribution is 5.60. The first-order chi connectivity index (χ1) is 12.1. The highest BCUT2D eigenvalue weighted by Gasteiger charge is 2.04. The quantitative estimate of drug-likeness (QED) is 0.523. The molecule has 0 amide bonds. The third-order valence-corrected chi connectivity index (χ3v) is 3.80. The van der Waals surface area contributed by atoms with Crippen LogP contribution in [0.5, 0.6) is 5.75 Å². The van der Waals surface area contributed by atoms with Crippen molar-refractivity contribution in [2.24, 2.45) is 20.5 Å². The molecule has 5 heteroatoms. The van der Waals surface area contributed by atoms with Crippen LogP contribution in [0, 0.1) is 13.8 Å². The van der Waals surface area contributed by atoms with Crippen molar-refractivity contribution >= 4 is 22.7 Å². The molecule has 0 saturated carbocycles. The van der Waals surface area contributed by atoms with Crippen LogP contribution in [0.25, 0.3) is 0 Å². The maximum Gasteiger partial charge on any atom is 0.143 e. The van der Waals surface area contributed by atoms with E-state index >= 15 is 0 Å². The molecule has 0 aliphatic rings. The maximum absolute atomic E-state index is 9.76. The molecule has 0 aliphatic carbocycles. The van der Waals surface area contributed by atoms with Crippen molar-refractivity contribution in [3.63, 3.8) is 0 Å². The normalized spacial score (nSPS) is 11.4. The number of azo groups is 2. The summed E-state index contributed by atoms with van der Waals surface area (Å²) in [6.07, 6.45) is 0. The highest BCUT2D eigenvalue weighted by atomic mass is 16.3. The summed E-state index contributed by atoms with van der Waals surface area (Å²) in [4.78, 5) is 0. The second-order valence-electron chi connectivity index (χ2n) is 5.60. The van der Waals surface area contributed by atoms with E-state index in [4.69, 9.17) is 0 Å². The number of rotatable bonds is 4. The number of benzene rings is 3. The molecule has 1 N–H and O–H groups in total. The minimum atomic E-state index is 0.0966. The Morgan fingerprint density at radius 3 is 1.68 bits per heavy atom. The minimum absolute atomic E-state index is 0.0966. The van der Waals surface area contributed by atoms with Gasteiger partial charge < -0.3 is 5.11 Å². The van der Waals surface area contributed by atoms with E-state index in [2.05, 4.69) is 20.5 Å². The first-order valence-corrected chi connectivity index (χ1v) is 7.92. The van der Waals surface area contributed by atoms with E-state index in [1.54, 1.807) is 24.3 Å². The van der Waals surface area contributed by atoms with Gasteiger partial charge in [-0.15, -0.1) is 5.11 Å². The van der Waals surface area contributed by atoms with Gasteiger partial charge in [0.25, 0.3) is 0 Å². The van der Waals surface area contributed by atoms with Crippen molar-refractivity contribution in [2.75, 3.05) is 0 Å². The summed E-state index contributed by atoms with van der Waals surface area (Å²) < 4.78 is 0. The van der Waals surface area contributed by atoms with Crippen LogP contribution in [-0.4, -0.2) is 5.11 Å². The van der Waals surface area contributed by atoms with E-state index < -0.39 is 0 Å². The standard InChI is InChI=1S/C20H18N4O/c1-14-8-3-4-9-16(14)21-22-17-11-7-12-18(15(17)2)23-24-19-10-5-6-13-20(19)25/h3-13,25H,1-2H3. The minimum Gasteiger partial charge on any atom is -0.506 e. The molecule has 0 spiro atoms. The Labute approximate surface area is 146 Å². The zero-order valence-electron chi connectivity index (χ0n) is 14.1. The van der Waals surface area contributed by atoms with E-state index in [0.29, 0.717) is 11.4 Å². The Bertz CT molecular complexity index is 874. The highest BCUT2D eigenvalue weighted by Crippen LogP contribution is 2.32. The fraction of sp³-hybridized carbons (Fsp3) is 0.100. The van der Waals surface area contributed by atoms with Gasteiger partial charge in [0.05, 0.1) is 17.1 Å². The molecule has 0 heterocycles. The van der Waals surface area contributed by atoms with Crippen LogP contribution in [0.4, 0.5) is 22.7 Å². The number of aryl methyl sites for hydroxylation is 1. The van der Waals surface area contributed by atoms with Gasteiger partial charge in [0.15, 0.2) is 0 Å². The summed E-state index contributed by atoms with van der Waals surface area (Å²) in [5, 5.41) is 26.8. The Morgan fingerprint density at radius 1 is 0.560 bits per heavy atom. The lowest BCUT2D eigenvalue weighted by Gasteiger charge is -2.03. The van der Waals surface area contributed by atoms with E-state index in [-0.39, 0.29) is 5.75 Å². The van der Waals surface area contributed by atoms with Gasteiger partial charge in [0.2, 0.25) is 0 Å². The van der Waals surface area contributed by atoms with Gasteiger partial charge in [-0.1, -0.05) is 36.4 Å². The summed E-state index contributed by atoms with van der Waals surface area (Å²) in [7, 11) is 0. The number of aromatic hydroxyl groups is 1. The van der Waals surface area contributed by atoms with Gasteiger partial charge in [-0.3, -0.25) is 0 Å². The fourth-order valence-electron chi connectivity index (χ4n) is 2.27. The monoisotopic (exact) mass is 330 g/mol. The van der Waals surface area contributed by atoms with Gasteiger partial charge in [-0.25, -0.2) is 0 Å². The zero-order chi connectivity index (χ0) is 17.6. The summed E-state index contributed by atoms with van der Waals surface area (Å²) >= 11 is 0. The Morgan fingerprint density at radius 2 is 1.04 bits per heavy atom. The largest absolute Gasteiger partial charge is 0.506 e. The van der Waals surface area contributed by atoms with E-state index in [1.165, 1.54) is 0 Å². The van der Waals surface area contributed by atoms with Crippen LogP contribution >= 0.6 is 0 Å². The lowest BCUT2D eigenvalue weighted by molar-refractivity contribution is 0.476. The number of hydrogen-bond donors (Lipinski definition) is 1. The van der Waals surface area contributed by atoms with Crippen LogP contribution in [0.3, 0.4) is 0 Å². The number of para-hydroxylation sites is 1. The molecule has 124 valence electrons. The van der Waals surface area contributed by atoms with Gasteiger partial charge in [0, 0.05) is 5.56 Å². The van der Waals surface area contributed by atoms with Crippen molar-refractivity contribution in [2.45, 2.75) is 13.8 Å². The lowest BCUT2D eigenvalue weighted by atomic mass is 10.1. The molecule has 0 saturated heterocycles. The van der Waals surface area contributed by atoms with Gasteiger partial charge in [-0.05, 0) is 49.7 Å². The summed E-state index contributed by atoms with van der Waals surface area (Å²) in [5.74, 6) is 0.0966. The van der Waals surface area contributed by atoms with Crippen molar-refractivity contribution in [1.82, 2.24) is 0 Å². The summed E-state index contributed by atoms with van der Waals surface area (Å²) in [6, 6.07) is 20.3. The van der Waals surface area contributed by atoms with Crippen molar-refractivity contribution in [3.05, 3.63) is 77.9 Å². The van der Waals surface area contributed by atoms with E-state index in [1.807, 2.05) is 56.3 Å². The molecule has 3 aromatic rings. The molecule has 5 nitrogen and oxygen atoms in total. The van der Waals surface area contributed by atoms with Crippen LogP contribution in [0.15, 0.2) is 87.2 Å². The molecule has 0 fully saturated rings. The van der Waals surface area contributed by atoms with Crippen LogP contribution in [-0.2, 0) is 0 Å². The summed E-state index contributed by atoms with van der Waals surface area (Å²) in [6.45, 7) is 3.92. The Kier molecular flexibility index (Phi) is 4.95. The van der Waals surface area contributed by atoms with Gasteiger partial charge >= 0.3 is 0 Å². The molecule has 25 heavy (non-hydrogen) atoms. The molecule has 0 radical (unpaired) electrons. The van der Waals surface area contributed by atoms with Crippen LogP contribution in [0.2, 0.25) is 0 Å². The molecular weight excluding hydrogens is 312 g/mol. The van der Waals surface area contributed by atoms with Gasteiger partial charge in [-0.2, -0.15) is 15.3 Å². The Balaban J connectivity index is 1.88. The zero-order valence-corrected chi connectivity index (χ0v) is 14.1. The second-order valence-corrected chi connectivity index (χ2v) is 5.60. The molecule has 0 aromatic heterocycles. The second kappa shape index (κ2) is 7.49. The van der Waals surface area contributed by atoms with Crippen molar-refractivity contribution < 1.29 is 5.11 Å². The lowest BCUT2D eigenvalue weighted by Crippen LogP contribution is -1.76. The van der Waals surface area contributed by atoms with Crippen molar-refractivity contribution in [1.29, 1.82) is 0 Å². The van der Waals surface area contributed by atoms with Crippen LogP contribution < -0.4 is 0 Å². The molecule has 3 rings (SSSR count). The number of phenols is 1. The summed E-state index contributed by atoms with van der Waals surface area (Å²) in [5.41, 5.74) is 4.62. The topological polar surface area (TPSA) is 69.7 Å². The predicted molar refractivity (Wildman–Crippen MR) is 98.8 cm³/mol. The first-order valence-electron chi connectivity index (χ1n) is 7.92. The van der Waals surface area contributed by atoms with Gasteiger partial charge in [0.1, 0.15) is 11.4 Å². The predicted octanol–water partition coefficient (Wildman–Crippen LogP) is 6.84. The fourth-order valence-corrected chi connectivity index (χ4v) is 2.27. The molecule has 0 atom stereocenters. The molecule has 0 bridgehead atoms. The van der Waals surface area contributed by atoms with Crippen LogP contribution in [0.1, 0.15) is 11.1 Å². The average molecular weight is 330 g/mol. The van der Waals surface area contributed by atoms with E-state index in [9.17, 15) is 5.11 Å². The molecule has 0 aliphatic heterocycles. The first kappa shape index (κ1) is 16.5. The third kappa shape index (κ3) is 3.95. The van der Waals surface area contributed by atoms with Crippen molar-refractivity contribution in [3.8, 4) is 5.75 Å². The number of hydrogen-bond acceptors (Lipinski definition) is 5.